The lowest BCUT2D eigenvalue weighted by molar-refractivity contribution is -0.171. The number of carbonyl (C=O) groups excluding carboxylic acids is 1. The van der Waals surface area contributed by atoms with E-state index in [0.717, 1.165) is 25.3 Å². The van der Waals surface area contributed by atoms with Crippen molar-refractivity contribution < 1.29 is 41.7 Å². The third-order valence-electron chi connectivity index (χ3n) is 8.29. The highest BCUT2D eigenvalue weighted by Crippen LogP contribution is 2.61. The van der Waals surface area contributed by atoms with Gasteiger partial charge in [-0.05, 0) is 76.4 Å². The second-order valence-corrected chi connectivity index (χ2v) is 21.9. The Kier molecular flexibility index (Phi) is 12.7. The van der Waals surface area contributed by atoms with Gasteiger partial charge in [-0.2, -0.15) is 5.10 Å². The lowest BCUT2D eigenvalue weighted by atomic mass is 10.1. The number of aromatic nitrogens is 5. The molecule has 17 heteroatoms. The van der Waals surface area contributed by atoms with Crippen LogP contribution in [0.25, 0.3) is 27.6 Å². The number of hydrogen-bond donors (Lipinski definition) is 0. The van der Waals surface area contributed by atoms with Crippen molar-refractivity contribution in [1.82, 2.24) is 24.8 Å². The molecule has 0 bridgehead atoms. The molecule has 3 heterocycles. The fraction of sp³-hybridized carbons (Fsp3) is 0.576. The number of ether oxygens (including phenoxy) is 4. The molecule has 5 rings (SSSR count). The summed E-state index contributed by atoms with van der Waals surface area (Å²) in [5, 5.41) is 11.7. The number of esters is 1. The molecule has 0 amide bonds. The molecule has 0 spiro atoms. The standard InChI is InChI=1S/C33H46BrFN5O8PSi/c1-7-44-32(41)33(22-43-16-17-50(4,5)6,49(42,47-8-2)48-9-3)46-21-27-25-14-13-24(20-28(25)40(37-27)30-12-10-11-15-45-30)39-29-19-23(34)18-26(35)31(29)36-38-39/h13-14,18-20,30H,7-12,15-17,21-22H2,1-6H3. The van der Waals surface area contributed by atoms with Gasteiger partial charge in [-0.1, -0.05) is 40.8 Å². The van der Waals surface area contributed by atoms with E-state index in [0.29, 0.717) is 45.5 Å². The number of fused-ring (bicyclic) bond motifs is 2. The number of rotatable bonds is 17. The first kappa shape index (κ1) is 38.7. The molecule has 1 aliphatic rings. The summed E-state index contributed by atoms with van der Waals surface area (Å²) in [6, 6.07) is 9.44. The van der Waals surface area contributed by atoms with Crippen LogP contribution in [0.2, 0.25) is 25.7 Å². The number of benzene rings is 2. The summed E-state index contributed by atoms with van der Waals surface area (Å²) < 4.78 is 68.7. The maximum absolute atomic E-state index is 14.7. The van der Waals surface area contributed by atoms with Gasteiger partial charge < -0.3 is 28.0 Å². The van der Waals surface area contributed by atoms with E-state index in [1.54, 1.807) is 36.2 Å². The third-order valence-corrected chi connectivity index (χ3v) is 13.0. The lowest BCUT2D eigenvalue weighted by Gasteiger charge is -2.36. The minimum absolute atomic E-state index is 0.00646. The van der Waals surface area contributed by atoms with E-state index in [2.05, 4.69) is 45.9 Å². The fourth-order valence-corrected chi connectivity index (χ4v) is 8.85. The Labute approximate surface area is 300 Å². The molecule has 13 nitrogen and oxygen atoms in total. The van der Waals surface area contributed by atoms with E-state index in [1.165, 1.54) is 6.07 Å². The highest BCUT2D eigenvalue weighted by Gasteiger charge is 2.60. The maximum atomic E-state index is 14.7. The van der Waals surface area contributed by atoms with Gasteiger partial charge in [-0.15, -0.1) is 5.10 Å². The van der Waals surface area contributed by atoms with Crippen molar-refractivity contribution in [2.75, 3.05) is 39.6 Å². The zero-order chi connectivity index (χ0) is 36.1. The first-order valence-corrected chi connectivity index (χ1v) is 23.0. The second-order valence-electron chi connectivity index (χ2n) is 13.2. The summed E-state index contributed by atoms with van der Waals surface area (Å²) in [7, 11) is -5.84. The van der Waals surface area contributed by atoms with Crippen LogP contribution in [0.1, 0.15) is 52.0 Å². The highest BCUT2D eigenvalue weighted by atomic mass is 79.9. The van der Waals surface area contributed by atoms with Gasteiger partial charge in [0.2, 0.25) is 0 Å². The van der Waals surface area contributed by atoms with Crippen LogP contribution >= 0.6 is 23.5 Å². The Morgan fingerprint density at radius 1 is 1.10 bits per heavy atom. The monoisotopic (exact) mass is 797 g/mol. The van der Waals surface area contributed by atoms with Gasteiger partial charge >= 0.3 is 13.6 Å². The minimum atomic E-state index is -4.34. The molecule has 0 radical (unpaired) electrons. The van der Waals surface area contributed by atoms with Crippen LogP contribution in [0, 0.1) is 5.82 Å². The van der Waals surface area contributed by atoms with Gasteiger partial charge in [-0.25, -0.2) is 18.5 Å². The van der Waals surface area contributed by atoms with E-state index < -0.39 is 39.4 Å². The van der Waals surface area contributed by atoms with Gasteiger partial charge in [0.25, 0.3) is 5.34 Å². The molecule has 274 valence electrons. The summed E-state index contributed by atoms with van der Waals surface area (Å²) in [4.78, 5) is 13.9. The van der Waals surface area contributed by atoms with Crippen LogP contribution in [-0.4, -0.2) is 83.8 Å². The minimum Gasteiger partial charge on any atom is -0.463 e. The summed E-state index contributed by atoms with van der Waals surface area (Å²) in [6.45, 7) is 11.8. The first-order valence-electron chi connectivity index (χ1n) is 17.0. The van der Waals surface area contributed by atoms with Crippen LogP contribution in [0.5, 0.6) is 0 Å². The van der Waals surface area contributed by atoms with E-state index in [1.807, 2.05) is 18.2 Å². The average molecular weight is 799 g/mol. The quantitative estimate of drug-likeness (QED) is 0.0448. The summed E-state index contributed by atoms with van der Waals surface area (Å²) in [6.07, 6.45) is 2.25. The van der Waals surface area contributed by atoms with Gasteiger partial charge in [0, 0.05) is 31.1 Å². The SMILES string of the molecule is CCOC(=O)C(COCC[Si](C)(C)C)(OCc1nn(C2CCCCO2)c2cc(-n3nnc4c(F)cc(Br)cc43)ccc12)P(=O)(OCC)OCC. The predicted octanol–water partition coefficient (Wildman–Crippen LogP) is 7.77. The molecular weight excluding hydrogens is 752 g/mol. The molecule has 0 aliphatic carbocycles. The van der Waals surface area contributed by atoms with E-state index in [4.69, 9.17) is 33.1 Å². The van der Waals surface area contributed by atoms with Crippen molar-refractivity contribution >= 4 is 59.5 Å². The van der Waals surface area contributed by atoms with Crippen LogP contribution < -0.4 is 0 Å². The highest BCUT2D eigenvalue weighted by molar-refractivity contribution is 9.10. The van der Waals surface area contributed by atoms with Gasteiger partial charge in [0.1, 0.15) is 5.52 Å². The molecule has 1 fully saturated rings. The normalized spacial score (nSPS) is 17.0. The van der Waals surface area contributed by atoms with Crippen molar-refractivity contribution in [3.8, 4) is 5.69 Å². The third kappa shape index (κ3) is 8.23. The molecule has 1 aliphatic heterocycles. The van der Waals surface area contributed by atoms with Gasteiger partial charge in [0.05, 0.1) is 55.4 Å². The molecular formula is C33H46BrFN5O8PSi. The number of carbonyl (C=O) groups is 1. The molecule has 50 heavy (non-hydrogen) atoms. The Morgan fingerprint density at radius 2 is 1.86 bits per heavy atom. The predicted molar refractivity (Wildman–Crippen MR) is 193 cm³/mol. The smallest absolute Gasteiger partial charge is 0.376 e. The van der Waals surface area contributed by atoms with Crippen LogP contribution in [0.3, 0.4) is 0 Å². The van der Waals surface area contributed by atoms with Crippen LogP contribution in [-0.2, 0) is 44.0 Å². The average Bonchev–Trinajstić information content (AvgIpc) is 3.66. The Bertz CT molecular complexity index is 1840. The zero-order valence-electron chi connectivity index (χ0n) is 29.4. The molecule has 2 aromatic heterocycles. The Hall–Kier alpha value is -2.56. The van der Waals surface area contributed by atoms with Crippen molar-refractivity contribution in [2.45, 2.75) is 83.9 Å². The number of nitrogens with zero attached hydrogens (tertiary/aromatic N) is 5. The molecule has 2 aromatic carbocycles. The van der Waals surface area contributed by atoms with Crippen molar-refractivity contribution in [2.24, 2.45) is 0 Å². The van der Waals surface area contributed by atoms with E-state index in [-0.39, 0.29) is 38.2 Å². The molecule has 0 saturated carbocycles. The Morgan fingerprint density at radius 3 is 2.52 bits per heavy atom. The molecule has 4 aromatic rings. The van der Waals surface area contributed by atoms with Gasteiger partial charge in [-0.3, -0.25) is 4.57 Å². The van der Waals surface area contributed by atoms with Crippen LogP contribution in [0.4, 0.5) is 4.39 Å². The van der Waals surface area contributed by atoms with Gasteiger partial charge in [0.15, 0.2) is 12.0 Å². The number of hydrogen-bond acceptors (Lipinski definition) is 11. The van der Waals surface area contributed by atoms with E-state index >= 15 is 0 Å². The lowest BCUT2D eigenvalue weighted by Crippen LogP contribution is -2.48. The molecule has 2 atom stereocenters. The van der Waals surface area contributed by atoms with E-state index in [9.17, 15) is 13.8 Å². The largest absolute Gasteiger partial charge is 0.463 e. The fourth-order valence-electron chi connectivity index (χ4n) is 5.74. The second kappa shape index (κ2) is 16.4. The van der Waals surface area contributed by atoms with Crippen LogP contribution in [0.15, 0.2) is 34.8 Å². The summed E-state index contributed by atoms with van der Waals surface area (Å²) in [5.41, 5.74) is 2.39. The van der Waals surface area contributed by atoms with Crippen molar-refractivity contribution in [3.63, 3.8) is 0 Å². The maximum Gasteiger partial charge on any atom is 0.376 e. The summed E-state index contributed by atoms with van der Waals surface area (Å²) in [5.74, 6) is -1.40. The first-order chi connectivity index (χ1) is 23.9. The van der Waals surface area contributed by atoms with Crippen molar-refractivity contribution in [1.29, 1.82) is 0 Å². The summed E-state index contributed by atoms with van der Waals surface area (Å²) >= 11 is 3.36. The molecule has 1 saturated heterocycles. The van der Waals surface area contributed by atoms with Crippen molar-refractivity contribution in [3.05, 3.63) is 46.3 Å². The topological polar surface area (TPSA) is 138 Å². The molecule has 2 unspecified atom stereocenters. The molecule has 0 N–H and O–H groups in total. The Balaban J connectivity index is 1.59. The zero-order valence-corrected chi connectivity index (χ0v) is 32.9. The number of halogens is 2.